The van der Waals surface area contributed by atoms with Crippen molar-refractivity contribution in [1.82, 2.24) is 9.62 Å². The minimum Gasteiger partial charge on any atom is -0.483 e. The Hall–Kier alpha value is -3.44. The van der Waals surface area contributed by atoms with Crippen molar-refractivity contribution in [2.24, 2.45) is 5.73 Å². The Morgan fingerprint density at radius 2 is 1.76 bits per heavy atom. The molecule has 0 radical (unpaired) electrons. The third-order valence-corrected chi connectivity index (χ3v) is 7.06. The van der Waals surface area contributed by atoms with Gasteiger partial charge in [0.15, 0.2) is 6.61 Å². The van der Waals surface area contributed by atoms with Gasteiger partial charge in [-0.1, -0.05) is 17.7 Å². The van der Waals surface area contributed by atoms with Crippen molar-refractivity contribution in [1.29, 1.82) is 0 Å². The monoisotopic (exact) mass is 474 g/mol. The molecule has 176 valence electrons. The average Bonchev–Trinajstić information content (AvgIpc) is 3.30. The topological polar surface area (TPSA) is 148 Å². The highest BCUT2D eigenvalue weighted by atomic mass is 32.2. The van der Waals surface area contributed by atoms with E-state index in [1.807, 2.05) is 26.0 Å². The highest BCUT2D eigenvalue weighted by Gasteiger charge is 2.28. The van der Waals surface area contributed by atoms with E-state index in [1.54, 1.807) is 6.07 Å². The first-order valence-electron chi connectivity index (χ1n) is 10.3. The van der Waals surface area contributed by atoms with Crippen LogP contribution in [-0.4, -0.2) is 50.3 Å². The third-order valence-electron chi connectivity index (χ3n) is 5.16. The van der Waals surface area contributed by atoms with Crippen LogP contribution >= 0.6 is 0 Å². The number of carbonyl (C=O) groups is 3. The van der Waals surface area contributed by atoms with Gasteiger partial charge in [0.1, 0.15) is 5.75 Å². The van der Waals surface area contributed by atoms with Crippen molar-refractivity contribution in [3.8, 4) is 5.75 Å². The lowest BCUT2D eigenvalue weighted by Crippen LogP contribution is -2.37. The molecule has 0 saturated carbocycles. The summed E-state index contributed by atoms with van der Waals surface area (Å²) in [5.41, 5.74) is 7.63. The molecule has 4 amide bonds. The van der Waals surface area contributed by atoms with Crippen molar-refractivity contribution >= 4 is 33.6 Å². The maximum absolute atomic E-state index is 12.7. The van der Waals surface area contributed by atoms with Gasteiger partial charge in [-0.05, 0) is 56.5 Å². The number of rotatable bonds is 7. The second-order valence-corrected chi connectivity index (χ2v) is 9.68. The Kier molecular flexibility index (Phi) is 7.34. The maximum atomic E-state index is 12.7. The molecule has 0 aliphatic carbocycles. The van der Waals surface area contributed by atoms with Crippen molar-refractivity contribution in [2.45, 2.75) is 31.6 Å². The van der Waals surface area contributed by atoms with E-state index in [9.17, 15) is 22.8 Å². The second kappa shape index (κ2) is 10.0. The summed E-state index contributed by atoms with van der Waals surface area (Å²) in [5.74, 6) is -1.73. The molecule has 1 fully saturated rings. The Morgan fingerprint density at radius 1 is 1.06 bits per heavy atom. The van der Waals surface area contributed by atoms with Crippen LogP contribution in [0.25, 0.3) is 0 Å². The smallest absolute Gasteiger partial charge is 0.325 e. The predicted molar refractivity (Wildman–Crippen MR) is 122 cm³/mol. The number of nitrogens with zero attached hydrogens (tertiary/aromatic N) is 1. The van der Waals surface area contributed by atoms with Crippen LogP contribution in [0.5, 0.6) is 5.75 Å². The lowest BCUT2D eigenvalue weighted by atomic mass is 10.1. The van der Waals surface area contributed by atoms with Gasteiger partial charge in [0.25, 0.3) is 11.8 Å². The molecule has 11 heteroatoms. The van der Waals surface area contributed by atoms with Gasteiger partial charge < -0.3 is 15.8 Å². The van der Waals surface area contributed by atoms with E-state index in [0.717, 1.165) is 30.0 Å². The van der Waals surface area contributed by atoms with Crippen LogP contribution in [-0.2, 0) is 14.8 Å². The van der Waals surface area contributed by atoms with Crippen LogP contribution in [0.4, 0.5) is 10.5 Å². The molecule has 1 aliphatic rings. The number of ether oxygens (including phenoxy) is 1. The summed E-state index contributed by atoms with van der Waals surface area (Å²) in [7, 11) is -3.76. The molecule has 3 rings (SSSR count). The van der Waals surface area contributed by atoms with Gasteiger partial charge in [-0.2, -0.15) is 4.31 Å². The zero-order valence-electron chi connectivity index (χ0n) is 18.4. The maximum Gasteiger partial charge on any atom is 0.325 e. The number of sulfonamides is 1. The lowest BCUT2D eigenvalue weighted by Gasteiger charge is -2.17. The number of anilines is 1. The molecule has 10 nitrogen and oxygen atoms in total. The van der Waals surface area contributed by atoms with Gasteiger partial charge in [0.2, 0.25) is 10.0 Å². The number of primary amides is 1. The van der Waals surface area contributed by atoms with Gasteiger partial charge in [-0.25, -0.2) is 13.2 Å². The number of nitrogens with one attached hydrogen (secondary N) is 2. The normalized spacial score (nSPS) is 14.0. The Bertz CT molecular complexity index is 1190. The van der Waals surface area contributed by atoms with Crippen LogP contribution < -0.4 is 21.1 Å². The Morgan fingerprint density at radius 3 is 2.39 bits per heavy atom. The van der Waals surface area contributed by atoms with Gasteiger partial charge in [-0.15, -0.1) is 0 Å². The molecular weight excluding hydrogens is 448 g/mol. The molecule has 0 atom stereocenters. The number of imide groups is 1. The van der Waals surface area contributed by atoms with E-state index in [0.29, 0.717) is 18.8 Å². The second-order valence-electron chi connectivity index (χ2n) is 7.74. The summed E-state index contributed by atoms with van der Waals surface area (Å²) in [5, 5.41) is 4.70. The largest absolute Gasteiger partial charge is 0.483 e. The molecule has 1 aliphatic heterocycles. The summed E-state index contributed by atoms with van der Waals surface area (Å²) in [6, 6.07) is 8.40. The number of urea groups is 1. The number of carbonyl (C=O) groups excluding carboxylic acids is 3. The summed E-state index contributed by atoms with van der Waals surface area (Å²) in [6.07, 6.45) is 1.55. The van der Waals surface area contributed by atoms with E-state index in [4.69, 9.17) is 10.5 Å². The lowest BCUT2D eigenvalue weighted by molar-refractivity contribution is -0.121. The van der Waals surface area contributed by atoms with E-state index in [1.165, 1.54) is 16.4 Å². The fraction of sp³-hybridized carbons (Fsp3) is 0.318. The fourth-order valence-electron chi connectivity index (χ4n) is 3.48. The molecule has 4 N–H and O–H groups in total. The third kappa shape index (κ3) is 5.88. The van der Waals surface area contributed by atoms with Crippen LogP contribution in [0.1, 0.15) is 34.3 Å². The average molecular weight is 475 g/mol. The van der Waals surface area contributed by atoms with Crippen molar-refractivity contribution in [3.05, 3.63) is 53.1 Å². The molecule has 0 bridgehead atoms. The number of amides is 4. The molecule has 0 aromatic heterocycles. The first-order chi connectivity index (χ1) is 15.6. The first-order valence-corrected chi connectivity index (χ1v) is 11.8. The first kappa shape index (κ1) is 24.2. The van der Waals surface area contributed by atoms with Crippen LogP contribution in [0, 0.1) is 13.8 Å². The zero-order valence-corrected chi connectivity index (χ0v) is 19.2. The number of hydrogen-bond acceptors (Lipinski definition) is 6. The van der Waals surface area contributed by atoms with E-state index in [-0.39, 0.29) is 16.2 Å². The Balaban J connectivity index is 1.64. The predicted octanol–water partition coefficient (Wildman–Crippen LogP) is 1.91. The standard InChI is InChI=1S/C22H26N4O6S/c1-14-5-7-18(15(2)11-14)24-22(29)25-20(27)13-32-19-8-6-16(12-17(19)21(23)28)33(30,31)26-9-3-4-10-26/h5-8,11-12H,3-4,9-10,13H2,1-2H3,(H2,23,28)(H2,24,25,27,29). The minimum atomic E-state index is -3.76. The molecule has 2 aromatic carbocycles. The zero-order chi connectivity index (χ0) is 24.2. The van der Waals surface area contributed by atoms with Crippen molar-refractivity contribution < 1.29 is 27.5 Å². The fourth-order valence-corrected chi connectivity index (χ4v) is 5.02. The number of benzene rings is 2. The molecule has 0 spiro atoms. The quantitative estimate of drug-likeness (QED) is 0.558. The molecular formula is C22H26N4O6S. The molecule has 1 heterocycles. The number of hydrogen-bond donors (Lipinski definition) is 3. The van der Waals surface area contributed by atoms with Gasteiger partial charge in [-0.3, -0.25) is 14.9 Å². The summed E-state index contributed by atoms with van der Waals surface area (Å²) in [4.78, 5) is 36.0. The van der Waals surface area contributed by atoms with Gasteiger partial charge in [0, 0.05) is 18.8 Å². The SMILES string of the molecule is Cc1ccc(NC(=O)NC(=O)COc2ccc(S(=O)(=O)N3CCCC3)cc2C(N)=O)c(C)c1. The highest BCUT2D eigenvalue weighted by molar-refractivity contribution is 7.89. The summed E-state index contributed by atoms with van der Waals surface area (Å²) < 4.78 is 32.1. The summed E-state index contributed by atoms with van der Waals surface area (Å²) in [6.45, 7) is 3.99. The van der Waals surface area contributed by atoms with Crippen LogP contribution in [0.3, 0.4) is 0 Å². The van der Waals surface area contributed by atoms with E-state index < -0.39 is 34.5 Å². The molecule has 2 aromatic rings. The highest BCUT2D eigenvalue weighted by Crippen LogP contribution is 2.26. The number of nitrogens with two attached hydrogens (primary N) is 1. The molecule has 33 heavy (non-hydrogen) atoms. The van der Waals surface area contributed by atoms with Gasteiger partial charge in [0.05, 0.1) is 10.5 Å². The van der Waals surface area contributed by atoms with Gasteiger partial charge >= 0.3 is 6.03 Å². The minimum absolute atomic E-state index is 0.0622. The van der Waals surface area contributed by atoms with Crippen LogP contribution in [0.2, 0.25) is 0 Å². The Labute approximate surface area is 192 Å². The number of aryl methyl sites for hydroxylation is 2. The van der Waals surface area contributed by atoms with Crippen molar-refractivity contribution in [3.63, 3.8) is 0 Å². The van der Waals surface area contributed by atoms with E-state index in [2.05, 4.69) is 10.6 Å². The molecule has 0 unspecified atom stereocenters. The van der Waals surface area contributed by atoms with Crippen molar-refractivity contribution in [2.75, 3.05) is 25.0 Å². The summed E-state index contributed by atoms with van der Waals surface area (Å²) >= 11 is 0. The molecule has 1 saturated heterocycles. The van der Waals surface area contributed by atoms with E-state index >= 15 is 0 Å². The van der Waals surface area contributed by atoms with Crippen LogP contribution in [0.15, 0.2) is 41.3 Å².